The van der Waals surface area contributed by atoms with Gasteiger partial charge in [-0.15, -0.1) is 11.3 Å². The number of amides is 2. The fourth-order valence-electron chi connectivity index (χ4n) is 4.18. The zero-order chi connectivity index (χ0) is 18.4. The van der Waals surface area contributed by atoms with E-state index >= 15 is 0 Å². The molecule has 3 aliphatic rings. The van der Waals surface area contributed by atoms with E-state index in [0.717, 1.165) is 36.4 Å². The molecule has 0 N–H and O–H groups in total. The molecule has 0 aliphatic carbocycles. The van der Waals surface area contributed by atoms with E-state index in [0.29, 0.717) is 24.4 Å². The maximum Gasteiger partial charge on any atom is 0.278 e. The third-order valence-electron chi connectivity index (χ3n) is 5.48. The van der Waals surface area contributed by atoms with Crippen LogP contribution < -0.4 is 4.90 Å². The molecule has 1 unspecified atom stereocenters. The first-order valence-corrected chi connectivity index (χ1v) is 10.2. The first kappa shape index (κ1) is 16.7. The number of imide groups is 1. The number of thiophene rings is 1. The fourth-order valence-corrected chi connectivity index (χ4v) is 4.95. The molecule has 0 spiro atoms. The maximum absolute atomic E-state index is 13.4. The Labute approximate surface area is 161 Å². The van der Waals surface area contributed by atoms with Crippen molar-refractivity contribution in [3.05, 3.63) is 57.9 Å². The Bertz CT molecular complexity index is 929. The van der Waals surface area contributed by atoms with Crippen molar-refractivity contribution in [2.75, 3.05) is 24.6 Å². The molecule has 1 aromatic carbocycles. The van der Waals surface area contributed by atoms with Crippen molar-refractivity contribution in [1.82, 2.24) is 4.90 Å². The SMILES string of the molecule is O=C1C(c2cccs2)=C(N2CCc3ccccc32)C(=O)N1CC1CCCO1. The number of para-hydroxylation sites is 1. The van der Waals surface area contributed by atoms with Gasteiger partial charge in [-0.3, -0.25) is 14.5 Å². The number of carbonyl (C=O) groups excluding carboxylic acids is 2. The minimum atomic E-state index is -0.199. The van der Waals surface area contributed by atoms with Gasteiger partial charge in [-0.1, -0.05) is 24.3 Å². The van der Waals surface area contributed by atoms with Crippen LogP contribution >= 0.6 is 11.3 Å². The Morgan fingerprint density at radius 3 is 2.78 bits per heavy atom. The minimum Gasteiger partial charge on any atom is -0.376 e. The number of anilines is 1. The van der Waals surface area contributed by atoms with Crippen LogP contribution in [0.3, 0.4) is 0 Å². The molecular weight excluding hydrogens is 360 g/mol. The average Bonchev–Trinajstić information content (AvgIpc) is 3.46. The molecule has 0 bridgehead atoms. The molecule has 1 fully saturated rings. The molecule has 1 aromatic heterocycles. The van der Waals surface area contributed by atoms with E-state index in [1.807, 2.05) is 40.6 Å². The molecule has 2 aromatic rings. The van der Waals surface area contributed by atoms with Gasteiger partial charge in [0, 0.05) is 23.7 Å². The molecule has 2 amide bonds. The second kappa shape index (κ2) is 6.62. The highest BCUT2D eigenvalue weighted by Crippen LogP contribution is 2.39. The van der Waals surface area contributed by atoms with Gasteiger partial charge in [-0.05, 0) is 42.3 Å². The number of benzene rings is 1. The number of hydrogen-bond donors (Lipinski definition) is 0. The van der Waals surface area contributed by atoms with E-state index in [9.17, 15) is 9.59 Å². The maximum atomic E-state index is 13.4. The monoisotopic (exact) mass is 380 g/mol. The number of fused-ring (bicyclic) bond motifs is 1. The van der Waals surface area contributed by atoms with E-state index in [-0.39, 0.29) is 17.9 Å². The number of rotatable bonds is 4. The van der Waals surface area contributed by atoms with Gasteiger partial charge in [-0.2, -0.15) is 0 Å². The summed E-state index contributed by atoms with van der Waals surface area (Å²) in [7, 11) is 0. The summed E-state index contributed by atoms with van der Waals surface area (Å²) in [4.78, 5) is 30.9. The number of carbonyl (C=O) groups is 2. The summed E-state index contributed by atoms with van der Waals surface area (Å²) in [6, 6.07) is 12.0. The van der Waals surface area contributed by atoms with Crippen molar-refractivity contribution in [3.63, 3.8) is 0 Å². The van der Waals surface area contributed by atoms with Gasteiger partial charge in [0.15, 0.2) is 0 Å². The van der Waals surface area contributed by atoms with E-state index in [2.05, 4.69) is 6.07 Å². The Morgan fingerprint density at radius 1 is 1.11 bits per heavy atom. The third kappa shape index (κ3) is 2.71. The minimum absolute atomic E-state index is 0.0484. The summed E-state index contributed by atoms with van der Waals surface area (Å²) >= 11 is 1.50. The molecule has 6 heteroatoms. The van der Waals surface area contributed by atoms with Crippen LogP contribution in [-0.4, -0.2) is 42.5 Å². The molecule has 5 rings (SSSR count). The lowest BCUT2D eigenvalue weighted by molar-refractivity contribution is -0.138. The Hall–Kier alpha value is -2.44. The van der Waals surface area contributed by atoms with Gasteiger partial charge in [-0.25, -0.2) is 0 Å². The first-order chi connectivity index (χ1) is 13.2. The van der Waals surface area contributed by atoms with Crippen molar-refractivity contribution in [2.45, 2.75) is 25.4 Å². The van der Waals surface area contributed by atoms with E-state index in [1.54, 1.807) is 0 Å². The molecule has 4 heterocycles. The zero-order valence-electron chi connectivity index (χ0n) is 14.9. The highest BCUT2D eigenvalue weighted by molar-refractivity contribution is 7.11. The topological polar surface area (TPSA) is 49.9 Å². The fraction of sp³-hybridized carbons (Fsp3) is 0.333. The van der Waals surface area contributed by atoms with Gasteiger partial charge in [0.05, 0.1) is 18.2 Å². The molecule has 1 saturated heterocycles. The van der Waals surface area contributed by atoms with Crippen molar-refractivity contribution in [3.8, 4) is 0 Å². The molecule has 0 saturated carbocycles. The molecule has 3 aliphatic heterocycles. The summed E-state index contributed by atoms with van der Waals surface area (Å²) in [5.74, 6) is -0.395. The van der Waals surface area contributed by atoms with Crippen LogP contribution in [0.5, 0.6) is 0 Å². The quantitative estimate of drug-likeness (QED) is 0.765. The molecule has 0 radical (unpaired) electrons. The van der Waals surface area contributed by atoms with Gasteiger partial charge < -0.3 is 9.64 Å². The van der Waals surface area contributed by atoms with Crippen LogP contribution in [0.2, 0.25) is 0 Å². The molecule has 27 heavy (non-hydrogen) atoms. The lowest BCUT2D eigenvalue weighted by Crippen LogP contribution is -2.39. The standard InChI is InChI=1S/C21H20N2O3S/c24-20-18(17-8-4-12-27-17)19(21(25)23(20)13-15-6-3-11-26-15)22-10-9-14-5-1-2-7-16(14)22/h1-2,4-5,7-8,12,15H,3,6,9-11,13H2. The largest absolute Gasteiger partial charge is 0.376 e. The van der Waals surface area contributed by atoms with Gasteiger partial charge in [0.25, 0.3) is 11.8 Å². The summed E-state index contributed by atoms with van der Waals surface area (Å²) in [6.07, 6.45) is 2.71. The van der Waals surface area contributed by atoms with Crippen LogP contribution in [0.25, 0.3) is 5.57 Å². The number of ether oxygens (including phenoxy) is 1. The second-order valence-electron chi connectivity index (χ2n) is 7.09. The van der Waals surface area contributed by atoms with Crippen LogP contribution in [0, 0.1) is 0 Å². The summed E-state index contributed by atoms with van der Waals surface area (Å²) in [5, 5.41) is 1.94. The highest BCUT2D eigenvalue weighted by Gasteiger charge is 2.44. The lowest BCUT2D eigenvalue weighted by Gasteiger charge is -2.22. The van der Waals surface area contributed by atoms with Crippen molar-refractivity contribution in [2.24, 2.45) is 0 Å². The Kier molecular flexibility index (Phi) is 4.10. The van der Waals surface area contributed by atoms with Crippen molar-refractivity contribution >= 4 is 34.4 Å². The third-order valence-corrected chi connectivity index (χ3v) is 6.37. The van der Waals surface area contributed by atoms with Crippen molar-refractivity contribution in [1.29, 1.82) is 0 Å². The van der Waals surface area contributed by atoms with Gasteiger partial charge >= 0.3 is 0 Å². The molecule has 138 valence electrons. The van der Waals surface area contributed by atoms with E-state index in [1.165, 1.54) is 21.8 Å². The molecule has 5 nitrogen and oxygen atoms in total. The predicted molar refractivity (Wildman–Crippen MR) is 104 cm³/mol. The summed E-state index contributed by atoms with van der Waals surface area (Å²) < 4.78 is 5.68. The second-order valence-corrected chi connectivity index (χ2v) is 8.03. The van der Waals surface area contributed by atoms with Gasteiger partial charge in [0.2, 0.25) is 0 Å². The highest BCUT2D eigenvalue weighted by atomic mass is 32.1. The van der Waals surface area contributed by atoms with E-state index < -0.39 is 0 Å². The zero-order valence-corrected chi connectivity index (χ0v) is 15.7. The van der Waals surface area contributed by atoms with E-state index in [4.69, 9.17) is 4.74 Å². The van der Waals surface area contributed by atoms with Gasteiger partial charge in [0.1, 0.15) is 5.70 Å². The Balaban J connectivity index is 1.57. The van der Waals surface area contributed by atoms with Crippen molar-refractivity contribution < 1.29 is 14.3 Å². The number of nitrogens with zero attached hydrogens (tertiary/aromatic N) is 2. The molecular formula is C21H20N2O3S. The summed E-state index contributed by atoms with van der Waals surface area (Å²) in [6.45, 7) is 1.76. The average molecular weight is 380 g/mol. The number of hydrogen-bond acceptors (Lipinski definition) is 5. The first-order valence-electron chi connectivity index (χ1n) is 9.35. The van der Waals surface area contributed by atoms with Crippen LogP contribution in [0.15, 0.2) is 47.5 Å². The summed E-state index contributed by atoms with van der Waals surface area (Å²) in [5.41, 5.74) is 3.30. The van der Waals surface area contributed by atoms with Crippen LogP contribution in [-0.2, 0) is 20.7 Å². The lowest BCUT2D eigenvalue weighted by atomic mass is 10.1. The molecule has 1 atom stereocenters. The Morgan fingerprint density at radius 2 is 2.00 bits per heavy atom. The predicted octanol–water partition coefficient (Wildman–Crippen LogP) is 3.07. The van der Waals surface area contributed by atoms with Crippen LogP contribution in [0.4, 0.5) is 5.69 Å². The van der Waals surface area contributed by atoms with Crippen LogP contribution in [0.1, 0.15) is 23.3 Å². The smallest absolute Gasteiger partial charge is 0.278 e. The normalized spacial score (nSPS) is 22.3.